The van der Waals surface area contributed by atoms with E-state index in [4.69, 9.17) is 14.2 Å². The van der Waals surface area contributed by atoms with Crippen LogP contribution in [0.5, 0.6) is 17.2 Å². The van der Waals surface area contributed by atoms with E-state index in [9.17, 15) is 19.5 Å². The third-order valence-corrected chi connectivity index (χ3v) is 9.22. The van der Waals surface area contributed by atoms with Crippen LogP contribution in [0.2, 0.25) is 0 Å². The number of unbranched alkanes of at least 4 members (excludes halogenated alkanes) is 2. The maximum Gasteiger partial charge on any atom is 0.308 e. The van der Waals surface area contributed by atoms with Crippen molar-refractivity contribution in [3.63, 3.8) is 0 Å². The minimum Gasteiger partial charge on any atom is -0.493 e. The monoisotopic (exact) mass is 617 g/mol. The highest BCUT2D eigenvalue weighted by Crippen LogP contribution is 2.47. The third-order valence-electron chi connectivity index (χ3n) is 9.22. The largest absolute Gasteiger partial charge is 0.493 e. The number of fused-ring (bicyclic) bond motifs is 1. The molecular weight excluding hydrogens is 564 g/mol. The summed E-state index contributed by atoms with van der Waals surface area (Å²) in [6.45, 7) is 6.65. The van der Waals surface area contributed by atoms with E-state index in [0.29, 0.717) is 62.7 Å². The first-order chi connectivity index (χ1) is 21.0. The van der Waals surface area contributed by atoms with Crippen LogP contribution in [0.25, 0.3) is 0 Å². The molecule has 1 aromatic rings. The van der Waals surface area contributed by atoms with E-state index in [1.807, 2.05) is 21.9 Å². The van der Waals surface area contributed by atoms with E-state index in [2.05, 4.69) is 33.0 Å². The second kappa shape index (κ2) is 15.3. The molecule has 11 nitrogen and oxygen atoms in total. The predicted octanol–water partition coefficient (Wildman–Crippen LogP) is 3.41. The van der Waals surface area contributed by atoms with Gasteiger partial charge in [0.2, 0.25) is 24.4 Å². The number of likely N-dealkylation sites (tertiary alicyclic amines) is 2. The molecule has 0 spiro atoms. The lowest BCUT2D eigenvalue weighted by atomic mass is 9.83. The Hall–Kier alpha value is -3.05. The molecule has 4 rings (SSSR count). The van der Waals surface area contributed by atoms with E-state index in [1.54, 1.807) is 7.11 Å². The Morgan fingerprint density at radius 1 is 1.11 bits per heavy atom. The molecule has 3 atom stereocenters. The van der Waals surface area contributed by atoms with Crippen molar-refractivity contribution < 1.29 is 38.2 Å². The lowest BCUT2D eigenvalue weighted by Gasteiger charge is -2.30. The van der Waals surface area contributed by atoms with Crippen molar-refractivity contribution in [2.75, 3.05) is 80.9 Å². The van der Waals surface area contributed by atoms with E-state index in [0.717, 1.165) is 55.2 Å². The fraction of sp³-hybridized carbons (Fsp3) is 0.727. The highest BCUT2D eigenvalue weighted by atomic mass is 16.7. The number of quaternary nitrogens is 1. The molecule has 2 amide bonds. The van der Waals surface area contributed by atoms with Gasteiger partial charge >= 0.3 is 5.97 Å². The fourth-order valence-electron chi connectivity index (χ4n) is 6.86. The van der Waals surface area contributed by atoms with Gasteiger partial charge in [-0.3, -0.25) is 19.3 Å². The second-order valence-corrected chi connectivity index (χ2v) is 13.5. The molecule has 0 aromatic heterocycles. The average molecular weight is 618 g/mol. The van der Waals surface area contributed by atoms with Crippen LogP contribution in [0, 0.1) is 5.92 Å². The minimum atomic E-state index is -0.882. The van der Waals surface area contributed by atoms with Crippen LogP contribution in [-0.2, 0) is 14.4 Å². The standard InChI is InChI=1S/C33H52N4O7/c1-6-7-14-35(15-8-9-18-37(2,3)4)30(39)22-36-21-25(24-19-27(42-5)32-28(20-24)43-23-44-32)31(33(40)41)26(36)12-10-16-34-17-11-13-29(34)38/h19-20,25-26,31H,6-18,21-23H2,1-5H3/p+1. The van der Waals surface area contributed by atoms with Gasteiger partial charge in [-0.05, 0) is 56.2 Å². The summed E-state index contributed by atoms with van der Waals surface area (Å²) in [4.78, 5) is 45.0. The van der Waals surface area contributed by atoms with Crippen molar-refractivity contribution in [3.05, 3.63) is 17.7 Å². The van der Waals surface area contributed by atoms with Crippen LogP contribution in [0.15, 0.2) is 12.1 Å². The van der Waals surface area contributed by atoms with Crippen LogP contribution in [-0.4, -0.2) is 129 Å². The van der Waals surface area contributed by atoms with Gasteiger partial charge in [0.05, 0.1) is 47.3 Å². The van der Waals surface area contributed by atoms with Crippen LogP contribution >= 0.6 is 0 Å². The number of aliphatic carboxylic acids is 1. The van der Waals surface area contributed by atoms with Gasteiger partial charge in [-0.1, -0.05) is 13.3 Å². The van der Waals surface area contributed by atoms with Crippen LogP contribution in [0.4, 0.5) is 0 Å². The Bertz CT molecular complexity index is 1150. The molecule has 3 unspecified atom stereocenters. The van der Waals surface area contributed by atoms with E-state index in [1.165, 1.54) is 0 Å². The second-order valence-electron chi connectivity index (χ2n) is 13.5. The number of hydrogen-bond donors (Lipinski definition) is 1. The number of benzene rings is 1. The zero-order valence-electron chi connectivity index (χ0n) is 27.4. The van der Waals surface area contributed by atoms with Gasteiger partial charge in [0.15, 0.2) is 11.5 Å². The minimum absolute atomic E-state index is 0.0523. The third kappa shape index (κ3) is 8.56. The summed E-state index contributed by atoms with van der Waals surface area (Å²) in [5.41, 5.74) is 0.802. The van der Waals surface area contributed by atoms with Crippen LogP contribution < -0.4 is 14.2 Å². The molecule has 2 fully saturated rings. The molecule has 2 saturated heterocycles. The van der Waals surface area contributed by atoms with E-state index >= 15 is 0 Å². The number of carboxylic acids is 1. The number of methoxy groups -OCH3 is 1. The maximum absolute atomic E-state index is 13.9. The lowest BCUT2D eigenvalue weighted by molar-refractivity contribution is -0.870. The van der Waals surface area contributed by atoms with Gasteiger partial charge in [-0.2, -0.15) is 0 Å². The zero-order chi connectivity index (χ0) is 31.9. The summed E-state index contributed by atoms with van der Waals surface area (Å²) in [5.74, 6) is -0.175. The first-order valence-corrected chi connectivity index (χ1v) is 16.3. The summed E-state index contributed by atoms with van der Waals surface area (Å²) in [6, 6.07) is 3.36. The van der Waals surface area contributed by atoms with Crippen molar-refractivity contribution in [1.29, 1.82) is 0 Å². The van der Waals surface area contributed by atoms with Crippen molar-refractivity contribution >= 4 is 17.8 Å². The Balaban J connectivity index is 1.55. The number of carboxylic acid groups (broad SMARTS) is 1. The zero-order valence-corrected chi connectivity index (χ0v) is 27.4. The van der Waals surface area contributed by atoms with Crippen molar-refractivity contribution in [2.45, 2.75) is 70.3 Å². The Morgan fingerprint density at radius 2 is 1.89 bits per heavy atom. The lowest BCUT2D eigenvalue weighted by Crippen LogP contribution is -2.45. The normalized spacial score (nSPS) is 21.7. The summed E-state index contributed by atoms with van der Waals surface area (Å²) in [5, 5.41) is 10.6. The topological polar surface area (TPSA) is 109 Å². The van der Waals surface area contributed by atoms with Gasteiger partial charge in [0, 0.05) is 51.1 Å². The number of carbonyl (C=O) groups excluding carboxylic acids is 2. The first kappa shape index (κ1) is 33.8. The molecule has 0 radical (unpaired) electrons. The molecule has 1 N–H and O–H groups in total. The molecule has 0 bridgehead atoms. The number of nitrogens with zero attached hydrogens (tertiary/aromatic N) is 4. The number of carbonyl (C=O) groups is 3. The van der Waals surface area contributed by atoms with Gasteiger partial charge in [-0.25, -0.2) is 0 Å². The van der Waals surface area contributed by atoms with Crippen molar-refractivity contribution in [2.24, 2.45) is 5.92 Å². The van der Waals surface area contributed by atoms with Crippen molar-refractivity contribution in [1.82, 2.24) is 14.7 Å². The molecule has 0 saturated carbocycles. The van der Waals surface area contributed by atoms with Crippen molar-refractivity contribution in [3.8, 4) is 17.2 Å². The summed E-state index contributed by atoms with van der Waals surface area (Å²) < 4.78 is 17.7. The molecule has 0 aliphatic carbocycles. The number of amides is 2. The predicted molar refractivity (Wildman–Crippen MR) is 167 cm³/mol. The van der Waals surface area contributed by atoms with Gasteiger partial charge in [0.25, 0.3) is 0 Å². The van der Waals surface area contributed by atoms with Gasteiger partial charge in [0.1, 0.15) is 0 Å². The van der Waals surface area contributed by atoms with Crippen LogP contribution in [0.1, 0.15) is 69.8 Å². The summed E-state index contributed by atoms with van der Waals surface area (Å²) in [6.07, 6.45) is 6.64. The molecule has 3 aliphatic heterocycles. The van der Waals surface area contributed by atoms with Gasteiger partial charge < -0.3 is 33.6 Å². The number of hydrogen-bond acceptors (Lipinski definition) is 7. The van der Waals surface area contributed by atoms with E-state index < -0.39 is 11.9 Å². The number of rotatable bonds is 17. The Labute approximate surface area is 262 Å². The molecule has 246 valence electrons. The molecule has 1 aromatic carbocycles. The average Bonchev–Trinajstić information content (AvgIpc) is 3.70. The van der Waals surface area contributed by atoms with Crippen LogP contribution in [0.3, 0.4) is 0 Å². The Morgan fingerprint density at radius 3 is 2.55 bits per heavy atom. The number of ether oxygens (including phenoxy) is 3. The molecular formula is C33H53N4O7+. The smallest absolute Gasteiger partial charge is 0.308 e. The quantitative estimate of drug-likeness (QED) is 0.209. The summed E-state index contributed by atoms with van der Waals surface area (Å²) in [7, 11) is 8.09. The Kier molecular flexibility index (Phi) is 11.8. The van der Waals surface area contributed by atoms with E-state index in [-0.39, 0.29) is 37.1 Å². The highest BCUT2D eigenvalue weighted by Gasteiger charge is 2.47. The molecule has 3 aliphatic rings. The molecule has 3 heterocycles. The van der Waals surface area contributed by atoms with Gasteiger partial charge in [-0.15, -0.1) is 0 Å². The SMILES string of the molecule is CCCCN(CCCC[N+](C)(C)C)C(=O)CN1CC(c2cc(OC)c3c(c2)OCO3)C(C(=O)O)C1CCCN1CCCC1=O. The highest BCUT2D eigenvalue weighted by molar-refractivity contribution is 5.79. The maximum atomic E-state index is 13.9. The molecule has 11 heteroatoms. The fourth-order valence-corrected chi connectivity index (χ4v) is 6.86. The summed E-state index contributed by atoms with van der Waals surface area (Å²) >= 11 is 0. The first-order valence-electron chi connectivity index (χ1n) is 16.3. The molecule has 44 heavy (non-hydrogen) atoms.